The van der Waals surface area contributed by atoms with E-state index < -0.39 is 0 Å². The van der Waals surface area contributed by atoms with E-state index in [0.717, 1.165) is 6.42 Å². The van der Waals surface area contributed by atoms with Gasteiger partial charge in [-0.05, 0) is 19.3 Å². The van der Waals surface area contributed by atoms with Crippen molar-refractivity contribution >= 4 is 0 Å². The zero-order chi connectivity index (χ0) is 7.28. The van der Waals surface area contributed by atoms with Gasteiger partial charge in [-0.2, -0.15) is 0 Å². The molecule has 0 aliphatic rings. The summed E-state index contributed by atoms with van der Waals surface area (Å²) in [6, 6.07) is 0. The van der Waals surface area contributed by atoms with Crippen molar-refractivity contribution in [1.82, 2.24) is 0 Å². The summed E-state index contributed by atoms with van der Waals surface area (Å²) in [7, 11) is 0. The maximum absolute atomic E-state index is 9.05. The molecule has 0 bridgehead atoms. The minimum atomic E-state index is -0.258. The third-order valence-electron chi connectivity index (χ3n) is 1.59. The van der Waals surface area contributed by atoms with Gasteiger partial charge in [0.1, 0.15) is 0 Å². The van der Waals surface area contributed by atoms with Crippen LogP contribution in [0.2, 0.25) is 0 Å². The topological polar surface area (TPSA) is 20.2 Å². The van der Waals surface area contributed by atoms with Crippen LogP contribution >= 0.6 is 0 Å². The van der Waals surface area contributed by atoms with Gasteiger partial charge in [0.25, 0.3) is 0 Å². The molecule has 0 aromatic carbocycles. The third kappa shape index (κ3) is 3.16. The summed E-state index contributed by atoms with van der Waals surface area (Å²) in [5.41, 5.74) is 0. The summed E-state index contributed by atoms with van der Waals surface area (Å²) < 4.78 is 0. The van der Waals surface area contributed by atoms with Crippen molar-refractivity contribution < 1.29 is 5.11 Å². The van der Waals surface area contributed by atoms with Gasteiger partial charge < -0.3 is 5.11 Å². The second kappa shape index (κ2) is 4.40. The smallest absolute Gasteiger partial charge is 0.0549 e. The second-order valence-corrected chi connectivity index (χ2v) is 2.32. The molecule has 0 heterocycles. The van der Waals surface area contributed by atoms with E-state index in [1.165, 1.54) is 0 Å². The predicted molar refractivity (Wildman–Crippen MR) is 38.9 cm³/mol. The fourth-order valence-electron chi connectivity index (χ4n) is 0.807. The molecule has 0 saturated heterocycles. The molecule has 0 rings (SSSR count). The highest BCUT2D eigenvalue weighted by Gasteiger charge is 2.09. The summed E-state index contributed by atoms with van der Waals surface area (Å²) in [6.07, 6.45) is 6.47. The Balaban J connectivity index is 3.57. The lowest BCUT2D eigenvalue weighted by Crippen LogP contribution is -2.14. The number of aliphatic hydroxyl groups excluding tert-OH is 1. The molecule has 0 fully saturated rings. The van der Waals surface area contributed by atoms with E-state index in [1.54, 1.807) is 6.92 Å². The Hall–Kier alpha value is -0.480. The molecular formula is C8H14O. The van der Waals surface area contributed by atoms with Crippen LogP contribution in [0.3, 0.4) is 0 Å². The highest BCUT2D eigenvalue weighted by Crippen LogP contribution is 2.11. The van der Waals surface area contributed by atoms with Gasteiger partial charge in [-0.15, -0.1) is 12.3 Å². The SMILES string of the molecule is C#CCC(CC)C(C)O. The van der Waals surface area contributed by atoms with Crippen LogP contribution in [0.15, 0.2) is 0 Å². The van der Waals surface area contributed by atoms with E-state index >= 15 is 0 Å². The van der Waals surface area contributed by atoms with Gasteiger partial charge in [-0.1, -0.05) is 6.92 Å². The molecule has 2 atom stereocenters. The van der Waals surface area contributed by atoms with Crippen LogP contribution in [0.1, 0.15) is 26.7 Å². The zero-order valence-electron chi connectivity index (χ0n) is 6.09. The van der Waals surface area contributed by atoms with Crippen molar-refractivity contribution in [2.24, 2.45) is 5.92 Å². The molecule has 2 unspecified atom stereocenters. The summed E-state index contributed by atoms with van der Waals surface area (Å²) in [4.78, 5) is 0. The van der Waals surface area contributed by atoms with Crippen LogP contribution in [0, 0.1) is 18.3 Å². The fraction of sp³-hybridized carbons (Fsp3) is 0.750. The van der Waals surface area contributed by atoms with Crippen molar-refractivity contribution in [2.45, 2.75) is 32.8 Å². The molecule has 9 heavy (non-hydrogen) atoms. The standard InChI is InChI=1S/C8H14O/c1-4-6-8(5-2)7(3)9/h1,7-9H,5-6H2,2-3H3. The number of terminal acetylenes is 1. The number of hydrogen-bond acceptors (Lipinski definition) is 1. The van der Waals surface area contributed by atoms with Crippen molar-refractivity contribution in [1.29, 1.82) is 0 Å². The normalized spacial score (nSPS) is 16.2. The van der Waals surface area contributed by atoms with Crippen molar-refractivity contribution in [2.75, 3.05) is 0 Å². The highest BCUT2D eigenvalue weighted by atomic mass is 16.3. The first-order valence-corrected chi connectivity index (χ1v) is 3.33. The molecule has 0 saturated carbocycles. The minimum Gasteiger partial charge on any atom is -0.393 e. The molecule has 0 aromatic rings. The van der Waals surface area contributed by atoms with E-state index in [9.17, 15) is 0 Å². The van der Waals surface area contributed by atoms with Gasteiger partial charge in [0.15, 0.2) is 0 Å². The summed E-state index contributed by atoms with van der Waals surface area (Å²) in [5.74, 6) is 2.83. The lowest BCUT2D eigenvalue weighted by Gasteiger charge is -2.13. The molecule has 1 N–H and O–H groups in total. The maximum Gasteiger partial charge on any atom is 0.0549 e. The van der Waals surface area contributed by atoms with Gasteiger partial charge in [0.05, 0.1) is 6.10 Å². The third-order valence-corrected chi connectivity index (χ3v) is 1.59. The van der Waals surface area contributed by atoms with Gasteiger partial charge in [-0.3, -0.25) is 0 Å². The summed E-state index contributed by atoms with van der Waals surface area (Å²) >= 11 is 0. The second-order valence-electron chi connectivity index (χ2n) is 2.32. The van der Waals surface area contributed by atoms with Crippen LogP contribution in [0.5, 0.6) is 0 Å². The molecule has 52 valence electrons. The fourth-order valence-corrected chi connectivity index (χ4v) is 0.807. The summed E-state index contributed by atoms with van der Waals surface area (Å²) in [5, 5.41) is 9.05. The average Bonchev–Trinajstić information content (AvgIpc) is 1.82. The van der Waals surface area contributed by atoms with E-state index in [0.29, 0.717) is 6.42 Å². The first-order chi connectivity index (χ1) is 4.22. The minimum absolute atomic E-state index is 0.258. The quantitative estimate of drug-likeness (QED) is 0.567. The zero-order valence-corrected chi connectivity index (χ0v) is 6.09. The molecule has 0 radical (unpaired) electrons. The highest BCUT2D eigenvalue weighted by molar-refractivity contribution is 4.87. The lowest BCUT2D eigenvalue weighted by molar-refractivity contribution is 0.125. The van der Waals surface area contributed by atoms with E-state index in [2.05, 4.69) is 5.92 Å². The Morgan fingerprint density at radius 3 is 2.33 bits per heavy atom. The molecule has 1 heteroatoms. The molecule has 1 nitrogen and oxygen atoms in total. The lowest BCUT2D eigenvalue weighted by atomic mass is 9.98. The predicted octanol–water partition coefficient (Wildman–Crippen LogP) is 1.42. The Morgan fingerprint density at radius 2 is 2.22 bits per heavy atom. The molecule has 0 amide bonds. The van der Waals surface area contributed by atoms with Crippen LogP contribution in [-0.2, 0) is 0 Å². The van der Waals surface area contributed by atoms with E-state index in [-0.39, 0.29) is 12.0 Å². The molecule has 0 aliphatic carbocycles. The number of hydrogen-bond donors (Lipinski definition) is 1. The van der Waals surface area contributed by atoms with E-state index in [4.69, 9.17) is 11.5 Å². The first-order valence-electron chi connectivity index (χ1n) is 3.33. The largest absolute Gasteiger partial charge is 0.393 e. The van der Waals surface area contributed by atoms with Crippen LogP contribution in [0.25, 0.3) is 0 Å². The first kappa shape index (κ1) is 8.52. The number of aliphatic hydroxyl groups is 1. The van der Waals surface area contributed by atoms with Crippen molar-refractivity contribution in [3.63, 3.8) is 0 Å². The number of rotatable bonds is 3. The van der Waals surface area contributed by atoms with Gasteiger partial charge in [-0.25, -0.2) is 0 Å². The molecule has 0 aliphatic heterocycles. The molecule has 0 spiro atoms. The Bertz CT molecular complexity index is 99.6. The van der Waals surface area contributed by atoms with Gasteiger partial charge >= 0.3 is 0 Å². The van der Waals surface area contributed by atoms with Gasteiger partial charge in [0, 0.05) is 6.42 Å². The maximum atomic E-state index is 9.05. The Morgan fingerprint density at radius 1 is 1.67 bits per heavy atom. The summed E-state index contributed by atoms with van der Waals surface area (Å²) in [6.45, 7) is 3.82. The Labute approximate surface area is 57.1 Å². The average molecular weight is 126 g/mol. The van der Waals surface area contributed by atoms with Crippen molar-refractivity contribution in [3.05, 3.63) is 0 Å². The van der Waals surface area contributed by atoms with E-state index in [1.807, 2.05) is 6.92 Å². The Kier molecular flexibility index (Phi) is 4.17. The molecular weight excluding hydrogens is 112 g/mol. The van der Waals surface area contributed by atoms with Crippen LogP contribution < -0.4 is 0 Å². The van der Waals surface area contributed by atoms with Crippen molar-refractivity contribution in [3.8, 4) is 12.3 Å². The van der Waals surface area contributed by atoms with Crippen LogP contribution in [-0.4, -0.2) is 11.2 Å². The molecule has 0 aromatic heterocycles. The van der Waals surface area contributed by atoms with Gasteiger partial charge in [0.2, 0.25) is 0 Å². The monoisotopic (exact) mass is 126 g/mol. The van der Waals surface area contributed by atoms with Crippen LogP contribution in [0.4, 0.5) is 0 Å².